The lowest BCUT2D eigenvalue weighted by atomic mass is 9.98. The molecule has 0 unspecified atom stereocenters. The first-order valence-electron chi connectivity index (χ1n) is 7.82. The zero-order valence-electron chi connectivity index (χ0n) is 13.4. The molecule has 0 saturated carbocycles. The minimum Gasteiger partial charge on any atom is -0.341 e. The van der Waals surface area contributed by atoms with E-state index in [0.29, 0.717) is 5.56 Å². The molecule has 1 N–H and O–H groups in total. The van der Waals surface area contributed by atoms with Crippen molar-refractivity contribution < 1.29 is 4.79 Å². The van der Waals surface area contributed by atoms with Crippen LogP contribution in [0.1, 0.15) is 33.1 Å². The fraction of sp³-hybridized carbons (Fsp3) is 0.0952. The van der Waals surface area contributed by atoms with Gasteiger partial charge in [0.15, 0.2) is 0 Å². The Kier molecular flexibility index (Phi) is 5.11. The van der Waals surface area contributed by atoms with Crippen LogP contribution in [0.2, 0.25) is 0 Å². The number of hydrogen-bond donors (Lipinski definition) is 1. The predicted octanol–water partition coefficient (Wildman–Crippen LogP) is 5.28. The summed E-state index contributed by atoms with van der Waals surface area (Å²) in [5.41, 5.74) is 3.78. The van der Waals surface area contributed by atoms with Gasteiger partial charge in [0.2, 0.25) is 0 Å². The van der Waals surface area contributed by atoms with E-state index in [1.165, 1.54) is 0 Å². The largest absolute Gasteiger partial charge is 0.341 e. The van der Waals surface area contributed by atoms with Crippen molar-refractivity contribution in [2.24, 2.45) is 0 Å². The highest BCUT2D eigenvalue weighted by Gasteiger charge is 2.18. The maximum absolute atomic E-state index is 12.8. The Bertz CT molecular complexity index is 828. The number of amides is 1. The van der Waals surface area contributed by atoms with Gasteiger partial charge in [-0.05, 0) is 41.8 Å². The van der Waals surface area contributed by atoms with Crippen LogP contribution in [0.15, 0.2) is 83.3 Å². The van der Waals surface area contributed by atoms with Crippen LogP contribution < -0.4 is 5.32 Å². The molecular formula is C21H18BrNO. The van der Waals surface area contributed by atoms with Crippen molar-refractivity contribution in [1.29, 1.82) is 0 Å². The summed E-state index contributed by atoms with van der Waals surface area (Å²) in [7, 11) is 0. The zero-order chi connectivity index (χ0) is 16.9. The predicted molar refractivity (Wildman–Crippen MR) is 101 cm³/mol. The lowest BCUT2D eigenvalue weighted by molar-refractivity contribution is 0.0942. The SMILES string of the molecule is Cc1ccccc1C(=O)N[C@H](c1ccccc1)c1ccc(Br)cc1. The summed E-state index contributed by atoms with van der Waals surface area (Å²) in [5, 5.41) is 3.17. The van der Waals surface area contributed by atoms with Gasteiger partial charge in [-0.25, -0.2) is 0 Å². The Hall–Kier alpha value is -2.39. The standard InChI is InChI=1S/C21H18BrNO/c1-15-7-5-6-10-19(15)21(24)23-20(16-8-3-2-4-9-16)17-11-13-18(22)14-12-17/h2-14,20H,1H3,(H,23,24)/t20-/m1/s1. The molecule has 3 aromatic rings. The number of rotatable bonds is 4. The van der Waals surface area contributed by atoms with Gasteiger partial charge in [0.05, 0.1) is 6.04 Å². The van der Waals surface area contributed by atoms with Crippen molar-refractivity contribution in [3.8, 4) is 0 Å². The first-order valence-corrected chi connectivity index (χ1v) is 8.61. The minimum absolute atomic E-state index is 0.0649. The quantitative estimate of drug-likeness (QED) is 0.656. The number of carbonyl (C=O) groups is 1. The normalized spacial score (nSPS) is 11.8. The monoisotopic (exact) mass is 379 g/mol. The molecular weight excluding hydrogens is 362 g/mol. The second kappa shape index (κ2) is 7.45. The molecule has 24 heavy (non-hydrogen) atoms. The van der Waals surface area contributed by atoms with Gasteiger partial charge in [0, 0.05) is 10.0 Å². The molecule has 0 aliphatic rings. The Morgan fingerprint density at radius 3 is 2.08 bits per heavy atom. The van der Waals surface area contributed by atoms with Crippen molar-refractivity contribution in [2.75, 3.05) is 0 Å². The van der Waals surface area contributed by atoms with Gasteiger partial charge >= 0.3 is 0 Å². The highest BCUT2D eigenvalue weighted by Crippen LogP contribution is 2.24. The number of aryl methyl sites for hydroxylation is 1. The molecule has 120 valence electrons. The minimum atomic E-state index is -0.189. The number of hydrogen-bond acceptors (Lipinski definition) is 1. The summed E-state index contributed by atoms with van der Waals surface area (Å²) in [6, 6.07) is 25.5. The Morgan fingerprint density at radius 1 is 0.833 bits per heavy atom. The van der Waals surface area contributed by atoms with Crippen LogP contribution in [-0.4, -0.2) is 5.91 Å². The Balaban J connectivity index is 1.95. The van der Waals surface area contributed by atoms with Crippen LogP contribution in [0, 0.1) is 6.92 Å². The lowest BCUT2D eigenvalue weighted by Crippen LogP contribution is -2.29. The van der Waals surface area contributed by atoms with Crippen molar-refractivity contribution in [3.05, 3.63) is 106 Å². The smallest absolute Gasteiger partial charge is 0.252 e. The number of benzene rings is 3. The highest BCUT2D eigenvalue weighted by atomic mass is 79.9. The molecule has 3 heteroatoms. The van der Waals surface area contributed by atoms with E-state index in [4.69, 9.17) is 0 Å². The molecule has 0 aliphatic heterocycles. The molecule has 0 radical (unpaired) electrons. The van der Waals surface area contributed by atoms with Gasteiger partial charge in [-0.3, -0.25) is 4.79 Å². The Morgan fingerprint density at radius 2 is 1.42 bits per heavy atom. The van der Waals surface area contributed by atoms with Gasteiger partial charge in [-0.15, -0.1) is 0 Å². The van der Waals surface area contributed by atoms with E-state index in [2.05, 4.69) is 21.2 Å². The maximum atomic E-state index is 12.8. The second-order valence-electron chi connectivity index (χ2n) is 5.68. The van der Waals surface area contributed by atoms with E-state index in [9.17, 15) is 4.79 Å². The highest BCUT2D eigenvalue weighted by molar-refractivity contribution is 9.10. The first kappa shape index (κ1) is 16.5. The maximum Gasteiger partial charge on any atom is 0.252 e. The topological polar surface area (TPSA) is 29.1 Å². The third-order valence-electron chi connectivity index (χ3n) is 4.00. The zero-order valence-corrected chi connectivity index (χ0v) is 15.0. The van der Waals surface area contributed by atoms with Gasteiger partial charge in [-0.1, -0.05) is 76.6 Å². The molecule has 1 amide bonds. The van der Waals surface area contributed by atoms with Crippen molar-refractivity contribution in [2.45, 2.75) is 13.0 Å². The van der Waals surface area contributed by atoms with Crippen molar-refractivity contribution in [1.82, 2.24) is 5.32 Å². The first-order chi connectivity index (χ1) is 11.6. The van der Waals surface area contributed by atoms with Crippen LogP contribution >= 0.6 is 15.9 Å². The molecule has 3 aromatic carbocycles. The van der Waals surface area contributed by atoms with E-state index in [0.717, 1.165) is 21.2 Å². The molecule has 0 spiro atoms. The summed E-state index contributed by atoms with van der Waals surface area (Å²) in [6.07, 6.45) is 0. The van der Waals surface area contributed by atoms with Gasteiger partial charge in [0.25, 0.3) is 5.91 Å². The Labute approximate surface area is 150 Å². The summed E-state index contributed by atoms with van der Waals surface area (Å²) in [4.78, 5) is 12.8. The van der Waals surface area contributed by atoms with Gasteiger partial charge in [0.1, 0.15) is 0 Å². The van der Waals surface area contributed by atoms with Gasteiger partial charge < -0.3 is 5.32 Å². The molecule has 2 nitrogen and oxygen atoms in total. The van der Waals surface area contributed by atoms with E-state index >= 15 is 0 Å². The third-order valence-corrected chi connectivity index (χ3v) is 4.53. The summed E-state index contributed by atoms with van der Waals surface area (Å²) in [6.45, 7) is 1.95. The molecule has 0 fully saturated rings. The third kappa shape index (κ3) is 3.74. The molecule has 0 saturated heterocycles. The summed E-state index contributed by atoms with van der Waals surface area (Å²) >= 11 is 3.46. The average Bonchev–Trinajstić information content (AvgIpc) is 2.61. The average molecular weight is 380 g/mol. The van der Waals surface area contributed by atoms with Crippen LogP contribution in [-0.2, 0) is 0 Å². The fourth-order valence-electron chi connectivity index (χ4n) is 2.70. The number of halogens is 1. The molecule has 0 aliphatic carbocycles. The van der Waals surface area contributed by atoms with Crippen molar-refractivity contribution >= 4 is 21.8 Å². The van der Waals surface area contributed by atoms with E-state index in [1.807, 2.05) is 85.8 Å². The molecule has 0 bridgehead atoms. The fourth-order valence-corrected chi connectivity index (χ4v) is 2.96. The molecule has 1 atom stereocenters. The van der Waals surface area contributed by atoms with Crippen LogP contribution in [0.25, 0.3) is 0 Å². The van der Waals surface area contributed by atoms with E-state index in [1.54, 1.807) is 0 Å². The second-order valence-corrected chi connectivity index (χ2v) is 6.60. The number of nitrogens with one attached hydrogen (secondary N) is 1. The summed E-state index contributed by atoms with van der Waals surface area (Å²) < 4.78 is 1.02. The van der Waals surface area contributed by atoms with Gasteiger partial charge in [-0.2, -0.15) is 0 Å². The van der Waals surface area contributed by atoms with E-state index in [-0.39, 0.29) is 11.9 Å². The van der Waals surface area contributed by atoms with Crippen LogP contribution in [0.4, 0.5) is 0 Å². The molecule has 0 heterocycles. The van der Waals surface area contributed by atoms with Crippen molar-refractivity contribution in [3.63, 3.8) is 0 Å². The van der Waals surface area contributed by atoms with Crippen LogP contribution in [0.3, 0.4) is 0 Å². The lowest BCUT2D eigenvalue weighted by Gasteiger charge is -2.20. The summed E-state index contributed by atoms with van der Waals surface area (Å²) in [5.74, 6) is -0.0649. The number of carbonyl (C=O) groups excluding carboxylic acids is 1. The van der Waals surface area contributed by atoms with Crippen LogP contribution in [0.5, 0.6) is 0 Å². The van der Waals surface area contributed by atoms with E-state index < -0.39 is 0 Å². The molecule has 0 aromatic heterocycles. The molecule has 3 rings (SSSR count).